The van der Waals surface area contributed by atoms with E-state index in [9.17, 15) is 18.0 Å². The standard InChI is InChI=1S/C21H22F3N3O2/c1-5-27(11-12(2)3)20(28)16-10-17(25-19-18(16)13(4)26-29-19)14-7-6-8-15(9-14)21(22,23)24/h6-10,12H,5,11H2,1-4H3. The maximum absolute atomic E-state index is 13.2. The van der Waals surface area contributed by atoms with Crippen LogP contribution in [0.3, 0.4) is 0 Å². The van der Waals surface area contributed by atoms with Crippen LogP contribution in [0.15, 0.2) is 34.9 Å². The van der Waals surface area contributed by atoms with Crippen molar-refractivity contribution in [3.63, 3.8) is 0 Å². The first-order chi connectivity index (χ1) is 13.6. The molecule has 5 nitrogen and oxygen atoms in total. The highest BCUT2D eigenvalue weighted by atomic mass is 19.4. The summed E-state index contributed by atoms with van der Waals surface area (Å²) < 4.78 is 44.6. The molecule has 154 valence electrons. The van der Waals surface area contributed by atoms with E-state index in [2.05, 4.69) is 10.1 Å². The van der Waals surface area contributed by atoms with Crippen LogP contribution >= 0.6 is 0 Å². The number of alkyl halides is 3. The van der Waals surface area contributed by atoms with Crippen LogP contribution in [0.5, 0.6) is 0 Å². The van der Waals surface area contributed by atoms with Crippen LogP contribution in [-0.2, 0) is 6.18 Å². The smallest absolute Gasteiger partial charge is 0.339 e. The number of benzene rings is 1. The van der Waals surface area contributed by atoms with Crippen molar-refractivity contribution < 1.29 is 22.5 Å². The molecule has 0 radical (unpaired) electrons. The quantitative estimate of drug-likeness (QED) is 0.575. The van der Waals surface area contributed by atoms with Gasteiger partial charge in [0.05, 0.1) is 27.9 Å². The third kappa shape index (κ3) is 4.26. The highest BCUT2D eigenvalue weighted by Crippen LogP contribution is 2.33. The van der Waals surface area contributed by atoms with Crippen molar-refractivity contribution in [2.24, 2.45) is 5.92 Å². The lowest BCUT2D eigenvalue weighted by Gasteiger charge is -2.23. The summed E-state index contributed by atoms with van der Waals surface area (Å²) in [4.78, 5) is 19.2. The van der Waals surface area contributed by atoms with Crippen molar-refractivity contribution in [2.45, 2.75) is 33.9 Å². The molecule has 0 fully saturated rings. The average Bonchev–Trinajstić information content (AvgIpc) is 3.05. The summed E-state index contributed by atoms with van der Waals surface area (Å²) >= 11 is 0. The second-order valence-corrected chi connectivity index (χ2v) is 7.32. The Labute approximate surface area is 166 Å². The van der Waals surface area contributed by atoms with Crippen LogP contribution in [-0.4, -0.2) is 34.0 Å². The molecule has 0 atom stereocenters. The molecule has 0 aliphatic rings. The van der Waals surface area contributed by atoms with Gasteiger partial charge in [-0.2, -0.15) is 13.2 Å². The lowest BCUT2D eigenvalue weighted by molar-refractivity contribution is -0.137. The van der Waals surface area contributed by atoms with E-state index in [1.54, 1.807) is 11.8 Å². The number of halogens is 3. The van der Waals surface area contributed by atoms with E-state index in [-0.39, 0.29) is 28.8 Å². The summed E-state index contributed by atoms with van der Waals surface area (Å²) in [6.07, 6.45) is -4.47. The van der Waals surface area contributed by atoms with Crippen LogP contribution in [0.2, 0.25) is 0 Å². The predicted molar refractivity (Wildman–Crippen MR) is 103 cm³/mol. The Hall–Kier alpha value is -2.90. The van der Waals surface area contributed by atoms with Crippen LogP contribution in [0.4, 0.5) is 13.2 Å². The third-order valence-corrected chi connectivity index (χ3v) is 4.59. The number of fused-ring (bicyclic) bond motifs is 1. The molecule has 3 rings (SSSR count). The molecule has 3 aromatic rings. The number of hydrogen-bond donors (Lipinski definition) is 0. The van der Waals surface area contributed by atoms with Gasteiger partial charge in [-0.25, -0.2) is 4.98 Å². The largest absolute Gasteiger partial charge is 0.416 e. The minimum atomic E-state index is -4.47. The first-order valence-electron chi connectivity index (χ1n) is 9.35. The number of hydrogen-bond acceptors (Lipinski definition) is 4. The number of carbonyl (C=O) groups excluding carboxylic acids is 1. The molecule has 1 amide bonds. The molecule has 0 bridgehead atoms. The zero-order valence-corrected chi connectivity index (χ0v) is 16.7. The Bertz CT molecular complexity index is 1040. The van der Waals surface area contributed by atoms with E-state index in [1.165, 1.54) is 18.2 Å². The highest BCUT2D eigenvalue weighted by Gasteiger charge is 2.31. The van der Waals surface area contributed by atoms with Crippen LogP contribution in [0.1, 0.15) is 42.4 Å². The number of amides is 1. The molecule has 0 saturated heterocycles. The minimum Gasteiger partial charge on any atom is -0.339 e. The summed E-state index contributed by atoms with van der Waals surface area (Å²) in [6, 6.07) is 6.36. The van der Waals surface area contributed by atoms with Crippen molar-refractivity contribution in [2.75, 3.05) is 13.1 Å². The molecule has 2 heterocycles. The molecule has 1 aromatic carbocycles. The summed E-state index contributed by atoms with van der Waals surface area (Å²) in [5, 5.41) is 4.37. The van der Waals surface area contributed by atoms with Gasteiger partial charge in [-0.1, -0.05) is 31.1 Å². The lowest BCUT2D eigenvalue weighted by atomic mass is 10.0. The fourth-order valence-corrected chi connectivity index (χ4v) is 3.23. The molecule has 29 heavy (non-hydrogen) atoms. The zero-order chi connectivity index (χ0) is 21.3. The van der Waals surface area contributed by atoms with Crippen LogP contribution < -0.4 is 0 Å². The third-order valence-electron chi connectivity index (χ3n) is 4.59. The number of pyridine rings is 1. The van der Waals surface area contributed by atoms with Crippen molar-refractivity contribution >= 4 is 17.0 Å². The van der Waals surface area contributed by atoms with E-state index in [1.807, 2.05) is 20.8 Å². The monoisotopic (exact) mass is 405 g/mol. The van der Waals surface area contributed by atoms with E-state index in [0.717, 1.165) is 12.1 Å². The number of carbonyl (C=O) groups is 1. The normalized spacial score (nSPS) is 12.0. The zero-order valence-electron chi connectivity index (χ0n) is 16.7. The molecule has 0 aliphatic heterocycles. The van der Waals surface area contributed by atoms with E-state index < -0.39 is 11.7 Å². The maximum atomic E-state index is 13.2. The molecule has 0 spiro atoms. The van der Waals surface area contributed by atoms with Crippen LogP contribution in [0.25, 0.3) is 22.4 Å². The van der Waals surface area contributed by atoms with Gasteiger partial charge in [0.2, 0.25) is 0 Å². The molecule has 0 aliphatic carbocycles. The SMILES string of the molecule is CCN(CC(C)C)C(=O)c1cc(-c2cccc(C(F)(F)F)c2)nc2onc(C)c12. The van der Waals surface area contributed by atoms with E-state index in [0.29, 0.717) is 29.7 Å². The Balaban J connectivity index is 2.16. The van der Waals surface area contributed by atoms with Crippen molar-refractivity contribution in [3.8, 4) is 11.3 Å². The second kappa shape index (κ2) is 7.85. The fourth-order valence-electron chi connectivity index (χ4n) is 3.23. The summed E-state index contributed by atoms with van der Waals surface area (Å²) in [7, 11) is 0. The number of aromatic nitrogens is 2. The van der Waals surface area contributed by atoms with Gasteiger partial charge in [0.25, 0.3) is 11.6 Å². The number of rotatable bonds is 5. The number of nitrogens with zero attached hydrogens (tertiary/aromatic N) is 3. The molecule has 2 aromatic heterocycles. The van der Waals surface area contributed by atoms with Gasteiger partial charge >= 0.3 is 6.18 Å². The van der Waals surface area contributed by atoms with Gasteiger partial charge in [0.15, 0.2) is 0 Å². The number of aryl methyl sites for hydroxylation is 1. The second-order valence-electron chi connectivity index (χ2n) is 7.32. The summed E-state index contributed by atoms with van der Waals surface area (Å²) in [5.74, 6) is 0.0378. The molecular formula is C21H22F3N3O2. The summed E-state index contributed by atoms with van der Waals surface area (Å²) in [6.45, 7) is 8.67. The first kappa shape index (κ1) is 20.8. The van der Waals surface area contributed by atoms with E-state index in [4.69, 9.17) is 4.52 Å². The Kier molecular flexibility index (Phi) is 5.64. The Morgan fingerprint density at radius 3 is 2.59 bits per heavy atom. The highest BCUT2D eigenvalue weighted by molar-refractivity contribution is 6.07. The van der Waals surface area contributed by atoms with Crippen LogP contribution in [0, 0.1) is 12.8 Å². The van der Waals surface area contributed by atoms with Gasteiger partial charge in [-0.3, -0.25) is 4.79 Å². The Morgan fingerprint density at radius 2 is 1.97 bits per heavy atom. The molecule has 8 heteroatoms. The topological polar surface area (TPSA) is 59.2 Å². The average molecular weight is 405 g/mol. The van der Waals surface area contributed by atoms with Crippen molar-refractivity contribution in [1.29, 1.82) is 0 Å². The maximum Gasteiger partial charge on any atom is 0.416 e. The van der Waals surface area contributed by atoms with E-state index >= 15 is 0 Å². The van der Waals surface area contributed by atoms with Gasteiger partial charge in [-0.15, -0.1) is 0 Å². The summed E-state index contributed by atoms with van der Waals surface area (Å²) in [5.41, 5.74) is 0.644. The lowest BCUT2D eigenvalue weighted by Crippen LogP contribution is -2.34. The van der Waals surface area contributed by atoms with Gasteiger partial charge in [0.1, 0.15) is 0 Å². The first-order valence-corrected chi connectivity index (χ1v) is 9.35. The molecular weight excluding hydrogens is 383 g/mol. The van der Waals surface area contributed by atoms with Gasteiger partial charge < -0.3 is 9.42 Å². The molecule has 0 unspecified atom stereocenters. The van der Waals surface area contributed by atoms with Gasteiger partial charge in [0, 0.05) is 18.7 Å². The van der Waals surface area contributed by atoms with Crippen molar-refractivity contribution in [1.82, 2.24) is 15.0 Å². The predicted octanol–water partition coefficient (Wildman–Crippen LogP) is 5.34. The van der Waals surface area contributed by atoms with Gasteiger partial charge in [-0.05, 0) is 38.0 Å². The van der Waals surface area contributed by atoms with Crippen molar-refractivity contribution in [3.05, 3.63) is 47.2 Å². The molecule has 0 N–H and O–H groups in total. The fraction of sp³-hybridized carbons (Fsp3) is 0.381. The Morgan fingerprint density at radius 1 is 1.24 bits per heavy atom. The molecule has 0 saturated carbocycles. The minimum absolute atomic E-state index is 0.126.